The molecule has 0 rings (SSSR count). The summed E-state index contributed by atoms with van der Waals surface area (Å²) in [5.74, 6) is -0.858. The van der Waals surface area contributed by atoms with Crippen molar-refractivity contribution in [3.63, 3.8) is 0 Å². The first kappa shape index (κ1) is 35.5. The second-order valence-corrected chi connectivity index (χ2v) is 8.55. The predicted octanol–water partition coefficient (Wildman–Crippen LogP) is 5.41. The molecule has 0 aromatic rings. The topological polar surface area (TPSA) is 96.5 Å². The van der Waals surface area contributed by atoms with E-state index in [1.165, 1.54) is 7.11 Å². The van der Waals surface area contributed by atoms with Crippen LogP contribution in [0.15, 0.2) is 85.1 Å². The Balaban J connectivity index is 3.57. The van der Waals surface area contributed by atoms with E-state index < -0.39 is 5.97 Å². The smallest absolute Gasteiger partial charge is 0.330 e. The van der Waals surface area contributed by atoms with Crippen LogP contribution in [0.3, 0.4) is 0 Å². The number of carbonyl (C=O) groups is 3. The van der Waals surface area contributed by atoms with Crippen LogP contribution in [0.4, 0.5) is 0 Å². The standard InChI is InChI=1S/C32H49N3O4/c1-3-4-5-6-7-8-9-10-11-12-13-14-15-16-17-18-19-20-21-23-30(36)34-27-22-26-33-28-29-35-31(37)24-25-32(38)39-2/h4-5,7-8,10-11,13-14,16-17,19-20,24-25,33H,3,6,9,12,15,18,21-23,26-29H2,1-2H3,(H,34,36)(H,35,37)/b5-4?,8-7?,11-10?,14-13?,17-16?,20-19?,25-24+. The molecule has 0 unspecified atom stereocenters. The Bertz CT molecular complexity index is 851. The third kappa shape index (κ3) is 29.0. The molecule has 0 heterocycles. The van der Waals surface area contributed by atoms with Crippen molar-refractivity contribution in [1.82, 2.24) is 16.0 Å². The first-order chi connectivity index (χ1) is 19.1. The molecule has 0 aliphatic carbocycles. The van der Waals surface area contributed by atoms with Crippen LogP contribution in [0.1, 0.15) is 64.7 Å². The highest BCUT2D eigenvalue weighted by molar-refractivity contribution is 5.94. The van der Waals surface area contributed by atoms with Gasteiger partial charge in [-0.3, -0.25) is 9.59 Å². The van der Waals surface area contributed by atoms with Crippen LogP contribution in [-0.4, -0.2) is 51.1 Å². The molecule has 0 saturated heterocycles. The average molecular weight is 540 g/mol. The molecule has 0 atom stereocenters. The van der Waals surface area contributed by atoms with E-state index in [1.54, 1.807) is 0 Å². The number of hydrogen-bond donors (Lipinski definition) is 3. The van der Waals surface area contributed by atoms with Crippen molar-refractivity contribution in [2.75, 3.05) is 33.3 Å². The fourth-order valence-corrected chi connectivity index (χ4v) is 3.05. The SMILES string of the molecule is CCC=CCC=CCC=CCC=CCC=CCC=CCCC(=O)NCCCNCCNC(=O)/C=C/C(=O)OC. The molecule has 0 aliphatic rings. The van der Waals surface area contributed by atoms with Gasteiger partial charge < -0.3 is 20.7 Å². The van der Waals surface area contributed by atoms with Crippen molar-refractivity contribution in [2.45, 2.75) is 64.7 Å². The minimum absolute atomic E-state index is 0.0548. The Kier molecular flexibility index (Phi) is 26.5. The van der Waals surface area contributed by atoms with Gasteiger partial charge in [0.1, 0.15) is 0 Å². The summed E-state index contributed by atoms with van der Waals surface area (Å²) in [5.41, 5.74) is 0. The molecule has 39 heavy (non-hydrogen) atoms. The second kappa shape index (κ2) is 29.1. The number of methoxy groups -OCH3 is 1. The fraction of sp³-hybridized carbons (Fsp3) is 0.469. The van der Waals surface area contributed by atoms with Crippen LogP contribution in [0.5, 0.6) is 0 Å². The van der Waals surface area contributed by atoms with Gasteiger partial charge >= 0.3 is 5.97 Å². The van der Waals surface area contributed by atoms with Crippen LogP contribution in [-0.2, 0) is 19.1 Å². The van der Waals surface area contributed by atoms with Gasteiger partial charge in [-0.2, -0.15) is 0 Å². The highest BCUT2D eigenvalue weighted by atomic mass is 16.5. The number of hydrogen-bond acceptors (Lipinski definition) is 5. The lowest BCUT2D eigenvalue weighted by Crippen LogP contribution is -2.32. The van der Waals surface area contributed by atoms with Crippen molar-refractivity contribution < 1.29 is 19.1 Å². The third-order valence-electron chi connectivity index (χ3n) is 5.16. The number of carbonyl (C=O) groups excluding carboxylic acids is 3. The van der Waals surface area contributed by atoms with Crippen LogP contribution in [0, 0.1) is 0 Å². The van der Waals surface area contributed by atoms with Crippen molar-refractivity contribution in [3.05, 3.63) is 85.1 Å². The molecule has 0 aliphatic heterocycles. The molecule has 0 aromatic carbocycles. The maximum absolute atomic E-state index is 11.9. The summed E-state index contributed by atoms with van der Waals surface area (Å²) >= 11 is 0. The van der Waals surface area contributed by atoms with Crippen molar-refractivity contribution in [3.8, 4) is 0 Å². The van der Waals surface area contributed by atoms with Crippen LogP contribution >= 0.6 is 0 Å². The van der Waals surface area contributed by atoms with Gasteiger partial charge in [0.05, 0.1) is 7.11 Å². The summed E-state index contributed by atoms with van der Waals surface area (Å²) in [7, 11) is 1.25. The van der Waals surface area contributed by atoms with Gasteiger partial charge in [0, 0.05) is 38.2 Å². The molecule has 3 N–H and O–H groups in total. The summed E-state index contributed by atoms with van der Waals surface area (Å²) in [5, 5.41) is 8.76. The molecule has 0 fully saturated rings. The van der Waals surface area contributed by atoms with Crippen molar-refractivity contribution in [1.29, 1.82) is 0 Å². The number of allylic oxidation sites excluding steroid dienone is 12. The Morgan fingerprint density at radius 2 is 1.15 bits per heavy atom. The largest absolute Gasteiger partial charge is 0.466 e. The van der Waals surface area contributed by atoms with E-state index in [4.69, 9.17) is 0 Å². The third-order valence-corrected chi connectivity index (χ3v) is 5.16. The van der Waals surface area contributed by atoms with E-state index in [9.17, 15) is 14.4 Å². The molecular weight excluding hydrogens is 490 g/mol. The van der Waals surface area contributed by atoms with Gasteiger partial charge in [0.15, 0.2) is 0 Å². The quantitative estimate of drug-likeness (QED) is 0.0699. The lowest BCUT2D eigenvalue weighted by atomic mass is 10.2. The van der Waals surface area contributed by atoms with Crippen LogP contribution in [0.25, 0.3) is 0 Å². The zero-order valence-corrected chi connectivity index (χ0v) is 23.9. The lowest BCUT2D eigenvalue weighted by Gasteiger charge is -2.06. The molecule has 0 aromatic heterocycles. The molecule has 7 nitrogen and oxygen atoms in total. The normalized spacial score (nSPS) is 12.4. The lowest BCUT2D eigenvalue weighted by molar-refractivity contribution is -0.135. The highest BCUT2D eigenvalue weighted by Crippen LogP contribution is 1.98. The fourth-order valence-electron chi connectivity index (χ4n) is 3.05. The van der Waals surface area contributed by atoms with Crippen LogP contribution < -0.4 is 16.0 Å². The Labute approximate surface area is 235 Å². The van der Waals surface area contributed by atoms with Crippen molar-refractivity contribution in [2.24, 2.45) is 0 Å². The van der Waals surface area contributed by atoms with Gasteiger partial charge in [0.2, 0.25) is 11.8 Å². The number of amides is 2. The maximum atomic E-state index is 11.9. The number of rotatable bonds is 23. The first-order valence-electron chi connectivity index (χ1n) is 14.0. The van der Waals surface area contributed by atoms with E-state index in [2.05, 4.69) is 101 Å². The molecular formula is C32H49N3O4. The average Bonchev–Trinajstić information content (AvgIpc) is 2.94. The monoisotopic (exact) mass is 539 g/mol. The first-order valence-corrected chi connectivity index (χ1v) is 14.0. The van der Waals surface area contributed by atoms with Gasteiger partial charge in [-0.05, 0) is 57.9 Å². The van der Waals surface area contributed by atoms with Gasteiger partial charge in [-0.15, -0.1) is 0 Å². The van der Waals surface area contributed by atoms with Gasteiger partial charge in [-0.1, -0.05) is 79.8 Å². The van der Waals surface area contributed by atoms with Crippen molar-refractivity contribution >= 4 is 17.8 Å². The predicted molar refractivity (Wildman–Crippen MR) is 162 cm³/mol. The van der Waals surface area contributed by atoms with Crippen LogP contribution in [0.2, 0.25) is 0 Å². The van der Waals surface area contributed by atoms with E-state index in [0.717, 1.165) is 70.1 Å². The van der Waals surface area contributed by atoms with E-state index >= 15 is 0 Å². The zero-order valence-electron chi connectivity index (χ0n) is 23.9. The van der Waals surface area contributed by atoms with E-state index in [1.807, 2.05) is 0 Å². The molecule has 2 amide bonds. The summed E-state index contributed by atoms with van der Waals surface area (Å²) in [6.45, 7) is 4.55. The maximum Gasteiger partial charge on any atom is 0.330 e. The Morgan fingerprint density at radius 3 is 1.69 bits per heavy atom. The number of esters is 1. The summed E-state index contributed by atoms with van der Waals surface area (Å²) in [6, 6.07) is 0. The van der Waals surface area contributed by atoms with Gasteiger partial charge in [-0.25, -0.2) is 4.79 Å². The Morgan fingerprint density at radius 1 is 0.615 bits per heavy atom. The molecule has 7 heteroatoms. The number of nitrogens with one attached hydrogen (secondary N) is 3. The number of ether oxygens (including phenoxy) is 1. The van der Waals surface area contributed by atoms with E-state index in [-0.39, 0.29) is 11.8 Å². The molecule has 0 bridgehead atoms. The summed E-state index contributed by atoms with van der Waals surface area (Å²) < 4.78 is 4.41. The minimum atomic E-state index is -0.567. The molecule has 0 radical (unpaired) electrons. The summed E-state index contributed by atoms with van der Waals surface area (Å²) in [6.07, 6.45) is 36.1. The second-order valence-electron chi connectivity index (χ2n) is 8.55. The minimum Gasteiger partial charge on any atom is -0.466 e. The molecule has 0 saturated carbocycles. The zero-order chi connectivity index (χ0) is 28.7. The molecule has 216 valence electrons. The van der Waals surface area contributed by atoms with Gasteiger partial charge in [0.25, 0.3) is 0 Å². The van der Waals surface area contributed by atoms with E-state index in [0.29, 0.717) is 26.1 Å². The summed E-state index contributed by atoms with van der Waals surface area (Å²) in [4.78, 5) is 34.2. The highest BCUT2D eigenvalue weighted by Gasteiger charge is 1.99. The molecule has 0 spiro atoms. The Hall–Kier alpha value is -3.45.